The van der Waals surface area contributed by atoms with E-state index < -0.39 is 29.2 Å². The lowest BCUT2D eigenvalue weighted by Gasteiger charge is -2.17. The maximum atomic E-state index is 12.9. The molecule has 0 aliphatic heterocycles. The summed E-state index contributed by atoms with van der Waals surface area (Å²) in [6.07, 6.45) is -6.47. The van der Waals surface area contributed by atoms with Gasteiger partial charge in [0.25, 0.3) is 0 Å². The van der Waals surface area contributed by atoms with Crippen LogP contribution in [0.3, 0.4) is 0 Å². The van der Waals surface area contributed by atoms with E-state index in [1.807, 2.05) is 0 Å². The number of hydrogen-bond donors (Lipinski definition) is 1. The van der Waals surface area contributed by atoms with Crippen molar-refractivity contribution in [3.63, 3.8) is 0 Å². The Morgan fingerprint density at radius 2 is 1.62 bits per heavy atom. The molecule has 2 rings (SSSR count). The standard InChI is InChI=1S/C16H13F3O2/c1-10-6-2-3-7-11(10)14(20)15(21)12-8-4-5-9-13(12)16(17,18)19/h2-9,15,21H,1H3. The second-order valence-corrected chi connectivity index (χ2v) is 4.67. The number of hydrogen-bond acceptors (Lipinski definition) is 2. The summed E-state index contributed by atoms with van der Waals surface area (Å²) in [6, 6.07) is 11.0. The number of alkyl halides is 3. The molecule has 0 heterocycles. The third kappa shape index (κ3) is 3.13. The van der Waals surface area contributed by atoms with Gasteiger partial charge >= 0.3 is 6.18 Å². The first-order chi connectivity index (χ1) is 9.82. The molecule has 0 aliphatic rings. The van der Waals surface area contributed by atoms with Crippen LogP contribution in [0.15, 0.2) is 48.5 Å². The zero-order valence-electron chi connectivity index (χ0n) is 11.2. The Balaban J connectivity index is 2.44. The fourth-order valence-corrected chi connectivity index (χ4v) is 2.13. The number of rotatable bonds is 3. The first-order valence-electron chi connectivity index (χ1n) is 6.26. The fourth-order valence-electron chi connectivity index (χ4n) is 2.13. The van der Waals surface area contributed by atoms with E-state index in [0.29, 0.717) is 5.56 Å². The zero-order chi connectivity index (χ0) is 15.6. The van der Waals surface area contributed by atoms with Gasteiger partial charge in [0.1, 0.15) is 6.10 Å². The molecule has 0 amide bonds. The number of aryl methyl sites for hydroxylation is 1. The van der Waals surface area contributed by atoms with Crippen LogP contribution < -0.4 is 0 Å². The first-order valence-corrected chi connectivity index (χ1v) is 6.26. The second kappa shape index (κ2) is 5.69. The number of Topliss-reactive ketones (excluding diaryl/α,β-unsaturated/α-hetero) is 1. The minimum Gasteiger partial charge on any atom is -0.380 e. The van der Waals surface area contributed by atoms with E-state index in [-0.39, 0.29) is 5.56 Å². The molecule has 2 nitrogen and oxygen atoms in total. The smallest absolute Gasteiger partial charge is 0.380 e. The molecule has 0 aliphatic carbocycles. The molecule has 1 unspecified atom stereocenters. The Labute approximate surface area is 119 Å². The number of benzene rings is 2. The largest absolute Gasteiger partial charge is 0.416 e. The highest BCUT2D eigenvalue weighted by molar-refractivity contribution is 6.01. The van der Waals surface area contributed by atoms with E-state index in [1.165, 1.54) is 18.2 Å². The topological polar surface area (TPSA) is 37.3 Å². The van der Waals surface area contributed by atoms with Crippen molar-refractivity contribution in [1.82, 2.24) is 0 Å². The lowest BCUT2D eigenvalue weighted by atomic mass is 9.94. The van der Waals surface area contributed by atoms with Crippen LogP contribution in [-0.4, -0.2) is 10.9 Å². The Hall–Kier alpha value is -2.14. The van der Waals surface area contributed by atoms with Gasteiger partial charge in [0.15, 0.2) is 5.78 Å². The quantitative estimate of drug-likeness (QED) is 0.871. The fraction of sp³-hybridized carbons (Fsp3) is 0.188. The summed E-state index contributed by atoms with van der Waals surface area (Å²) in [5.41, 5.74) is -0.620. The van der Waals surface area contributed by atoms with E-state index >= 15 is 0 Å². The molecule has 2 aromatic rings. The SMILES string of the molecule is Cc1ccccc1C(=O)C(O)c1ccccc1C(F)(F)F. The van der Waals surface area contributed by atoms with E-state index in [1.54, 1.807) is 25.1 Å². The third-order valence-electron chi connectivity index (χ3n) is 3.22. The number of halogens is 3. The van der Waals surface area contributed by atoms with Crippen LogP contribution in [0.5, 0.6) is 0 Å². The van der Waals surface area contributed by atoms with Crippen molar-refractivity contribution >= 4 is 5.78 Å². The summed E-state index contributed by atoms with van der Waals surface area (Å²) >= 11 is 0. The van der Waals surface area contributed by atoms with Gasteiger partial charge in [0, 0.05) is 11.1 Å². The molecule has 0 aromatic heterocycles. The number of aliphatic hydroxyl groups is 1. The van der Waals surface area contributed by atoms with E-state index in [2.05, 4.69) is 0 Å². The molecular weight excluding hydrogens is 281 g/mol. The normalized spacial score (nSPS) is 13.0. The van der Waals surface area contributed by atoms with Gasteiger partial charge in [0.2, 0.25) is 0 Å². The summed E-state index contributed by atoms with van der Waals surface area (Å²) in [7, 11) is 0. The summed E-state index contributed by atoms with van der Waals surface area (Å²) < 4.78 is 38.8. The molecule has 0 saturated heterocycles. The monoisotopic (exact) mass is 294 g/mol. The van der Waals surface area contributed by atoms with E-state index in [4.69, 9.17) is 0 Å². The molecule has 2 aromatic carbocycles. The number of carbonyl (C=O) groups is 1. The summed E-state index contributed by atoms with van der Waals surface area (Å²) in [5.74, 6) is -0.746. The lowest BCUT2D eigenvalue weighted by molar-refractivity contribution is -0.138. The van der Waals surface area contributed by atoms with E-state index in [0.717, 1.165) is 12.1 Å². The van der Waals surface area contributed by atoms with Gasteiger partial charge in [-0.1, -0.05) is 42.5 Å². The van der Waals surface area contributed by atoms with Gasteiger partial charge < -0.3 is 5.11 Å². The van der Waals surface area contributed by atoms with Gasteiger partial charge in [0.05, 0.1) is 5.56 Å². The molecular formula is C16H13F3O2. The molecule has 0 bridgehead atoms. The molecule has 0 radical (unpaired) electrons. The van der Waals surface area contributed by atoms with Crippen molar-refractivity contribution in [2.75, 3.05) is 0 Å². The van der Waals surface area contributed by atoms with Gasteiger partial charge in [-0.25, -0.2) is 0 Å². The van der Waals surface area contributed by atoms with Gasteiger partial charge in [-0.2, -0.15) is 13.2 Å². The highest BCUT2D eigenvalue weighted by atomic mass is 19.4. The highest BCUT2D eigenvalue weighted by Crippen LogP contribution is 2.35. The molecule has 0 fully saturated rings. The number of ketones is 1. The average Bonchev–Trinajstić information content (AvgIpc) is 2.45. The third-order valence-corrected chi connectivity index (χ3v) is 3.22. The minimum atomic E-state index is -4.62. The minimum absolute atomic E-state index is 0.210. The summed E-state index contributed by atoms with van der Waals surface area (Å²) in [5, 5.41) is 10.1. The zero-order valence-corrected chi connectivity index (χ0v) is 11.2. The van der Waals surface area contributed by atoms with Crippen molar-refractivity contribution in [3.8, 4) is 0 Å². The first kappa shape index (κ1) is 15.3. The number of aliphatic hydroxyl groups excluding tert-OH is 1. The molecule has 1 atom stereocenters. The molecule has 0 saturated carbocycles. The second-order valence-electron chi connectivity index (χ2n) is 4.67. The molecule has 21 heavy (non-hydrogen) atoms. The van der Waals surface area contributed by atoms with Crippen molar-refractivity contribution in [1.29, 1.82) is 0 Å². The highest BCUT2D eigenvalue weighted by Gasteiger charge is 2.36. The van der Waals surface area contributed by atoms with Crippen LogP contribution >= 0.6 is 0 Å². The van der Waals surface area contributed by atoms with Crippen LogP contribution in [-0.2, 0) is 6.18 Å². The molecule has 110 valence electrons. The van der Waals surface area contributed by atoms with Crippen molar-refractivity contribution in [3.05, 3.63) is 70.8 Å². The van der Waals surface area contributed by atoms with Crippen LogP contribution in [0.2, 0.25) is 0 Å². The van der Waals surface area contributed by atoms with Crippen LogP contribution in [0.25, 0.3) is 0 Å². The average molecular weight is 294 g/mol. The Morgan fingerprint density at radius 3 is 2.24 bits per heavy atom. The molecule has 5 heteroatoms. The predicted octanol–water partition coefficient (Wildman–Crippen LogP) is 3.93. The molecule has 1 N–H and O–H groups in total. The summed E-state index contributed by atoms with van der Waals surface area (Å²) in [6.45, 7) is 1.66. The van der Waals surface area contributed by atoms with Crippen LogP contribution in [0.1, 0.15) is 33.2 Å². The molecule has 0 spiro atoms. The lowest BCUT2D eigenvalue weighted by Crippen LogP contribution is -2.18. The van der Waals surface area contributed by atoms with Gasteiger partial charge in [-0.3, -0.25) is 4.79 Å². The maximum absolute atomic E-state index is 12.9. The van der Waals surface area contributed by atoms with Crippen LogP contribution in [0.4, 0.5) is 13.2 Å². The van der Waals surface area contributed by atoms with Gasteiger partial charge in [-0.15, -0.1) is 0 Å². The van der Waals surface area contributed by atoms with Crippen molar-refractivity contribution in [2.45, 2.75) is 19.2 Å². The van der Waals surface area contributed by atoms with E-state index in [9.17, 15) is 23.1 Å². The van der Waals surface area contributed by atoms with Crippen molar-refractivity contribution < 1.29 is 23.1 Å². The Kier molecular flexibility index (Phi) is 4.14. The van der Waals surface area contributed by atoms with Crippen LogP contribution in [0, 0.1) is 6.92 Å². The van der Waals surface area contributed by atoms with Crippen molar-refractivity contribution in [2.24, 2.45) is 0 Å². The van der Waals surface area contributed by atoms with Gasteiger partial charge in [-0.05, 0) is 18.6 Å². The number of carbonyl (C=O) groups excluding carboxylic acids is 1. The maximum Gasteiger partial charge on any atom is 0.416 e. The Morgan fingerprint density at radius 1 is 1.05 bits per heavy atom. The summed E-state index contributed by atoms with van der Waals surface area (Å²) in [4.78, 5) is 12.2. The predicted molar refractivity (Wildman–Crippen MR) is 71.9 cm³/mol. The Bertz CT molecular complexity index is 663.